The lowest BCUT2D eigenvalue weighted by molar-refractivity contribution is 0.321. The van der Waals surface area contributed by atoms with Crippen LogP contribution in [0.15, 0.2) is 0 Å². The summed E-state index contributed by atoms with van der Waals surface area (Å²) in [6.07, 6.45) is 3.06. The summed E-state index contributed by atoms with van der Waals surface area (Å²) in [6, 6.07) is 0. The summed E-state index contributed by atoms with van der Waals surface area (Å²) in [4.78, 5) is 0. The molecular formula is C4H11FOS. The molecule has 0 amide bonds. The highest BCUT2D eigenvalue weighted by Crippen LogP contribution is 2.39. The third-order valence-corrected chi connectivity index (χ3v) is 1.73. The van der Waals surface area contributed by atoms with Crippen LogP contribution in [-0.4, -0.2) is 30.0 Å². The van der Waals surface area contributed by atoms with Gasteiger partial charge in [-0.3, -0.25) is 0 Å². The van der Waals surface area contributed by atoms with E-state index in [-0.39, 0.29) is 6.61 Å². The van der Waals surface area contributed by atoms with Crippen LogP contribution in [0.3, 0.4) is 0 Å². The molecule has 0 aliphatic rings. The Morgan fingerprint density at radius 3 is 2.00 bits per heavy atom. The highest BCUT2D eigenvalue weighted by Gasteiger charge is 2.05. The fraction of sp³-hybridized carbons (Fsp3) is 1.00. The van der Waals surface area contributed by atoms with E-state index in [0.717, 1.165) is 0 Å². The first-order valence-corrected chi connectivity index (χ1v) is 4.59. The average molecular weight is 126 g/mol. The van der Waals surface area contributed by atoms with Gasteiger partial charge in [0.05, 0.1) is 6.61 Å². The molecule has 1 nitrogen and oxygen atoms in total. The summed E-state index contributed by atoms with van der Waals surface area (Å²) in [5.74, 6) is 0.312. The van der Waals surface area contributed by atoms with Gasteiger partial charge in [-0.15, -0.1) is 0 Å². The second kappa shape index (κ2) is 2.52. The molecule has 0 heterocycles. The van der Waals surface area contributed by atoms with Crippen molar-refractivity contribution in [3.8, 4) is 0 Å². The van der Waals surface area contributed by atoms with Crippen LogP contribution in [0.5, 0.6) is 0 Å². The van der Waals surface area contributed by atoms with Gasteiger partial charge in [-0.2, -0.15) is 3.89 Å². The van der Waals surface area contributed by atoms with Gasteiger partial charge in [-0.25, -0.2) is 0 Å². The Hall–Kier alpha value is 0.240. The van der Waals surface area contributed by atoms with Gasteiger partial charge >= 0.3 is 0 Å². The topological polar surface area (TPSA) is 20.2 Å². The molecule has 0 saturated heterocycles. The van der Waals surface area contributed by atoms with Gasteiger partial charge < -0.3 is 5.11 Å². The van der Waals surface area contributed by atoms with E-state index >= 15 is 0 Å². The van der Waals surface area contributed by atoms with Gasteiger partial charge in [0.2, 0.25) is 0 Å². The Morgan fingerprint density at radius 1 is 1.57 bits per heavy atom. The van der Waals surface area contributed by atoms with Crippen LogP contribution in [0.4, 0.5) is 3.89 Å². The van der Waals surface area contributed by atoms with Crippen LogP contribution >= 0.6 is 10.4 Å². The van der Waals surface area contributed by atoms with Crippen molar-refractivity contribution in [3.05, 3.63) is 0 Å². The Kier molecular flexibility index (Phi) is 2.61. The zero-order chi connectivity index (χ0) is 5.91. The van der Waals surface area contributed by atoms with Gasteiger partial charge in [-0.05, 0) is 12.5 Å². The van der Waals surface area contributed by atoms with E-state index in [1.165, 1.54) is 12.5 Å². The molecule has 0 aromatic rings. The summed E-state index contributed by atoms with van der Waals surface area (Å²) < 4.78 is 12.3. The fourth-order valence-electron chi connectivity index (χ4n) is 0.217. The van der Waals surface area contributed by atoms with Crippen molar-refractivity contribution in [2.24, 2.45) is 0 Å². The molecule has 0 atom stereocenters. The largest absolute Gasteiger partial charge is 0.395 e. The first-order valence-electron chi connectivity index (χ1n) is 2.08. The Balaban J connectivity index is 3.15. The maximum absolute atomic E-state index is 12.3. The molecule has 0 spiro atoms. The summed E-state index contributed by atoms with van der Waals surface area (Å²) in [5.41, 5.74) is 0. The molecule has 3 heteroatoms. The molecule has 1 N–H and O–H groups in total. The molecule has 0 rings (SSSR count). The molecule has 0 aliphatic heterocycles. The molecule has 7 heavy (non-hydrogen) atoms. The second-order valence-electron chi connectivity index (χ2n) is 1.83. The molecule has 46 valence electrons. The number of hydrogen-bond donors (Lipinski definition) is 1. The standard InChI is InChI=1S/C4H11FOS/c1-7(2,5)4-3-6/h6H,3-4H2,1-2H3. The highest BCUT2D eigenvalue weighted by atomic mass is 32.3. The van der Waals surface area contributed by atoms with Crippen LogP contribution in [0.25, 0.3) is 0 Å². The molecule has 0 saturated carbocycles. The Bertz CT molecular complexity index is 50.1. The lowest BCUT2D eigenvalue weighted by Gasteiger charge is -2.16. The van der Waals surface area contributed by atoms with Crippen LogP contribution < -0.4 is 0 Å². The number of rotatable bonds is 2. The minimum Gasteiger partial charge on any atom is -0.395 e. The SMILES string of the molecule is CS(C)(F)CCO. The predicted octanol–water partition coefficient (Wildman–Crippen LogP) is 0.927. The number of halogens is 1. The molecule has 0 fully saturated rings. The summed E-state index contributed by atoms with van der Waals surface area (Å²) in [7, 11) is -1.92. The van der Waals surface area contributed by atoms with Gasteiger partial charge in [0.15, 0.2) is 0 Å². The number of hydrogen-bond acceptors (Lipinski definition) is 1. The number of aliphatic hydroxyl groups is 1. The van der Waals surface area contributed by atoms with E-state index in [9.17, 15) is 3.89 Å². The van der Waals surface area contributed by atoms with Gasteiger partial charge in [-0.1, -0.05) is 10.4 Å². The summed E-state index contributed by atoms with van der Waals surface area (Å²) in [6.45, 7) is -0.0289. The van der Waals surface area contributed by atoms with E-state index in [0.29, 0.717) is 5.75 Å². The van der Waals surface area contributed by atoms with E-state index < -0.39 is 10.4 Å². The lowest BCUT2D eigenvalue weighted by Crippen LogP contribution is -1.98. The molecule has 0 radical (unpaired) electrons. The van der Waals surface area contributed by atoms with Crippen molar-refractivity contribution in [1.29, 1.82) is 0 Å². The molecule has 0 aromatic heterocycles. The van der Waals surface area contributed by atoms with Crippen LogP contribution in [0.2, 0.25) is 0 Å². The first-order chi connectivity index (χ1) is 3.06. The summed E-state index contributed by atoms with van der Waals surface area (Å²) in [5, 5.41) is 8.18. The quantitative estimate of drug-likeness (QED) is 0.583. The normalized spacial score (nSPS) is 14.3. The summed E-state index contributed by atoms with van der Waals surface area (Å²) >= 11 is 0. The molecule has 0 bridgehead atoms. The van der Waals surface area contributed by atoms with Gasteiger partial charge in [0.1, 0.15) is 0 Å². The Labute approximate surface area is 45.1 Å². The van der Waals surface area contributed by atoms with Crippen molar-refractivity contribution in [3.63, 3.8) is 0 Å². The van der Waals surface area contributed by atoms with E-state index in [2.05, 4.69) is 0 Å². The Morgan fingerprint density at radius 2 is 2.00 bits per heavy atom. The molecule has 0 unspecified atom stereocenters. The van der Waals surface area contributed by atoms with Crippen molar-refractivity contribution in [1.82, 2.24) is 0 Å². The molecular weight excluding hydrogens is 115 g/mol. The van der Waals surface area contributed by atoms with E-state index in [4.69, 9.17) is 5.11 Å². The molecule has 0 aromatic carbocycles. The van der Waals surface area contributed by atoms with Crippen molar-refractivity contribution in [2.45, 2.75) is 0 Å². The monoisotopic (exact) mass is 126 g/mol. The third kappa shape index (κ3) is 6.24. The maximum atomic E-state index is 12.3. The smallest absolute Gasteiger partial charge is 0.0529 e. The average Bonchev–Trinajstić information content (AvgIpc) is 1.30. The zero-order valence-electron chi connectivity index (χ0n) is 4.65. The first kappa shape index (κ1) is 7.24. The maximum Gasteiger partial charge on any atom is 0.0529 e. The van der Waals surface area contributed by atoms with Gasteiger partial charge in [0.25, 0.3) is 0 Å². The van der Waals surface area contributed by atoms with E-state index in [1.807, 2.05) is 0 Å². The highest BCUT2D eigenvalue weighted by molar-refractivity contribution is 8.28. The van der Waals surface area contributed by atoms with Crippen molar-refractivity contribution >= 4 is 10.4 Å². The van der Waals surface area contributed by atoms with Crippen molar-refractivity contribution < 1.29 is 8.99 Å². The fourth-order valence-corrected chi connectivity index (χ4v) is 0.651. The third-order valence-electron chi connectivity index (χ3n) is 0.577. The molecule has 0 aliphatic carbocycles. The minimum atomic E-state index is -1.92. The van der Waals surface area contributed by atoms with Crippen molar-refractivity contribution in [2.75, 3.05) is 24.9 Å². The zero-order valence-corrected chi connectivity index (χ0v) is 5.46. The second-order valence-corrected chi connectivity index (χ2v) is 5.05. The van der Waals surface area contributed by atoms with Gasteiger partial charge in [0, 0.05) is 5.75 Å². The lowest BCUT2D eigenvalue weighted by atomic mass is 10.9. The predicted molar refractivity (Wildman–Crippen MR) is 32.5 cm³/mol. The van der Waals surface area contributed by atoms with Crippen LogP contribution in [-0.2, 0) is 0 Å². The minimum absolute atomic E-state index is 0.0289. The van der Waals surface area contributed by atoms with Crippen LogP contribution in [0, 0.1) is 0 Å². The van der Waals surface area contributed by atoms with E-state index in [1.54, 1.807) is 0 Å². The van der Waals surface area contributed by atoms with Crippen LogP contribution in [0.1, 0.15) is 0 Å². The number of aliphatic hydroxyl groups excluding tert-OH is 1.